The molecule has 0 amide bonds. The molecule has 4 nitrogen and oxygen atoms in total. The zero-order valence-electron chi connectivity index (χ0n) is 11.5. The highest BCUT2D eigenvalue weighted by Crippen LogP contribution is 2.22. The maximum atomic E-state index is 5.25. The van der Waals surface area contributed by atoms with Gasteiger partial charge in [0.2, 0.25) is 0 Å². The molecule has 1 atom stereocenters. The molecule has 106 valence electrons. The van der Waals surface area contributed by atoms with Crippen molar-refractivity contribution in [2.45, 2.75) is 19.3 Å². The lowest BCUT2D eigenvalue weighted by Crippen LogP contribution is -2.24. The summed E-state index contributed by atoms with van der Waals surface area (Å²) in [6.45, 7) is 0. The van der Waals surface area contributed by atoms with Crippen molar-refractivity contribution in [1.29, 1.82) is 0 Å². The van der Waals surface area contributed by atoms with Gasteiger partial charge in [0.05, 0.1) is 12.8 Å². The summed E-state index contributed by atoms with van der Waals surface area (Å²) in [4.78, 5) is 0. The molecule has 0 saturated carbocycles. The monoisotopic (exact) mass is 289 g/mol. The normalized spacial score (nSPS) is 17.9. The minimum atomic E-state index is 0.456. The van der Waals surface area contributed by atoms with E-state index in [1.54, 1.807) is 7.11 Å². The van der Waals surface area contributed by atoms with Gasteiger partial charge in [0.25, 0.3) is 0 Å². The van der Waals surface area contributed by atoms with Gasteiger partial charge in [0.1, 0.15) is 5.75 Å². The molecule has 0 aromatic heterocycles. The van der Waals surface area contributed by atoms with Crippen LogP contribution >= 0.6 is 12.2 Å². The number of hydrogen-bond donors (Lipinski definition) is 2. The summed E-state index contributed by atoms with van der Waals surface area (Å²) in [5.41, 5.74) is 3.66. The number of benzene rings is 1. The Balaban J connectivity index is 1.83. The lowest BCUT2D eigenvalue weighted by molar-refractivity contribution is 0.417. The fourth-order valence-corrected chi connectivity index (χ4v) is 2.21. The number of ether oxygens (including phenoxy) is 1. The van der Waals surface area contributed by atoms with Crippen LogP contribution in [-0.2, 0) is 0 Å². The van der Waals surface area contributed by atoms with E-state index in [0.717, 1.165) is 30.7 Å². The highest BCUT2D eigenvalue weighted by atomic mass is 32.1. The van der Waals surface area contributed by atoms with Crippen LogP contribution in [0, 0.1) is 5.92 Å². The molecular formula is C15H19N3OS. The van der Waals surface area contributed by atoms with Crippen molar-refractivity contribution in [1.82, 2.24) is 5.43 Å². The highest BCUT2D eigenvalue weighted by Gasteiger charge is 2.06. The Morgan fingerprint density at radius 1 is 1.40 bits per heavy atom. The highest BCUT2D eigenvalue weighted by molar-refractivity contribution is 7.80. The topological polar surface area (TPSA) is 45.6 Å². The molecule has 5 heteroatoms. The van der Waals surface area contributed by atoms with Crippen LogP contribution < -0.4 is 15.5 Å². The third-order valence-corrected chi connectivity index (χ3v) is 3.31. The van der Waals surface area contributed by atoms with Gasteiger partial charge in [0.15, 0.2) is 5.11 Å². The summed E-state index contributed by atoms with van der Waals surface area (Å²) in [5.74, 6) is 1.25. The number of anilines is 1. The van der Waals surface area contributed by atoms with Gasteiger partial charge in [-0.05, 0) is 49.5 Å². The molecule has 0 saturated heterocycles. The summed E-state index contributed by atoms with van der Waals surface area (Å²) < 4.78 is 5.25. The van der Waals surface area contributed by atoms with Gasteiger partial charge >= 0.3 is 0 Å². The van der Waals surface area contributed by atoms with Crippen LogP contribution in [0.2, 0.25) is 0 Å². The Morgan fingerprint density at radius 3 is 3.00 bits per heavy atom. The van der Waals surface area contributed by atoms with E-state index in [2.05, 4.69) is 28.0 Å². The number of para-hydroxylation sites is 2. The van der Waals surface area contributed by atoms with Crippen molar-refractivity contribution >= 4 is 29.2 Å². The minimum Gasteiger partial charge on any atom is -0.495 e. The molecule has 0 spiro atoms. The first-order valence-electron chi connectivity index (χ1n) is 6.68. The smallest absolute Gasteiger partial charge is 0.191 e. The minimum absolute atomic E-state index is 0.456. The molecule has 0 aliphatic heterocycles. The predicted octanol–water partition coefficient (Wildman–Crippen LogP) is 3.32. The van der Waals surface area contributed by atoms with Gasteiger partial charge in [-0.3, -0.25) is 5.43 Å². The SMILES string of the molecule is COc1ccccc1NC(=S)N/N=C\[C@@H]1CC=CCC1. The van der Waals surface area contributed by atoms with Crippen molar-refractivity contribution in [2.75, 3.05) is 12.4 Å². The average molecular weight is 289 g/mol. The Bertz CT molecular complexity index is 514. The number of methoxy groups -OCH3 is 1. The van der Waals surface area contributed by atoms with Gasteiger partial charge in [-0.2, -0.15) is 5.10 Å². The molecule has 0 radical (unpaired) electrons. The summed E-state index contributed by atoms with van der Waals surface area (Å²) in [7, 11) is 1.63. The average Bonchev–Trinajstić information content (AvgIpc) is 2.49. The van der Waals surface area contributed by atoms with E-state index in [1.165, 1.54) is 0 Å². The molecule has 20 heavy (non-hydrogen) atoms. The van der Waals surface area contributed by atoms with Gasteiger partial charge in [-0.15, -0.1) is 0 Å². The summed E-state index contributed by atoms with van der Waals surface area (Å²) in [6, 6.07) is 7.62. The largest absolute Gasteiger partial charge is 0.495 e. The first-order valence-corrected chi connectivity index (χ1v) is 7.08. The van der Waals surface area contributed by atoms with Gasteiger partial charge in [0, 0.05) is 6.21 Å². The van der Waals surface area contributed by atoms with Gasteiger partial charge in [-0.1, -0.05) is 24.3 Å². The Labute approximate surface area is 124 Å². The number of hydrogen-bond acceptors (Lipinski definition) is 3. The van der Waals surface area contributed by atoms with Crippen LogP contribution in [0.5, 0.6) is 5.75 Å². The first-order chi connectivity index (χ1) is 9.79. The van der Waals surface area contributed by atoms with Crippen LogP contribution in [0.1, 0.15) is 19.3 Å². The van der Waals surface area contributed by atoms with Crippen LogP contribution in [0.4, 0.5) is 5.69 Å². The molecule has 0 bridgehead atoms. The number of thiocarbonyl (C=S) groups is 1. The standard InChI is InChI=1S/C15H19N3OS/c1-19-14-10-6-5-9-13(14)17-15(20)18-16-11-12-7-3-2-4-8-12/h2-3,5-6,9-12H,4,7-8H2,1H3,(H2,17,18,20)/b16-11-/t12-/m1/s1. The molecule has 1 aromatic carbocycles. The summed E-state index contributed by atoms with van der Waals surface area (Å²) in [5, 5.41) is 7.72. The van der Waals surface area contributed by atoms with E-state index >= 15 is 0 Å². The number of nitrogens with zero attached hydrogens (tertiary/aromatic N) is 1. The van der Waals surface area contributed by atoms with Crippen molar-refractivity contribution in [2.24, 2.45) is 11.0 Å². The van der Waals surface area contributed by atoms with E-state index < -0.39 is 0 Å². The quantitative estimate of drug-likeness (QED) is 0.386. The lowest BCUT2D eigenvalue weighted by atomic mass is 9.96. The number of rotatable bonds is 4. The molecule has 0 unspecified atom stereocenters. The van der Waals surface area contributed by atoms with Crippen LogP contribution in [0.15, 0.2) is 41.5 Å². The van der Waals surface area contributed by atoms with Crippen molar-refractivity contribution in [3.05, 3.63) is 36.4 Å². The third-order valence-electron chi connectivity index (χ3n) is 3.12. The molecule has 2 rings (SSSR count). The zero-order valence-corrected chi connectivity index (χ0v) is 12.3. The molecule has 1 aliphatic carbocycles. The van der Waals surface area contributed by atoms with Crippen LogP contribution in [0.3, 0.4) is 0 Å². The van der Waals surface area contributed by atoms with E-state index in [1.807, 2.05) is 30.5 Å². The summed E-state index contributed by atoms with van der Waals surface area (Å²) in [6.07, 6.45) is 9.67. The number of allylic oxidation sites excluding steroid dienone is 2. The Kier molecular flexibility index (Phi) is 5.55. The van der Waals surface area contributed by atoms with Gasteiger partial charge in [-0.25, -0.2) is 0 Å². The number of hydrazone groups is 1. The second-order valence-corrected chi connectivity index (χ2v) is 5.00. The number of nitrogens with one attached hydrogen (secondary N) is 2. The molecular weight excluding hydrogens is 270 g/mol. The zero-order chi connectivity index (χ0) is 14.2. The van der Waals surface area contributed by atoms with E-state index in [9.17, 15) is 0 Å². The third kappa shape index (κ3) is 4.35. The molecule has 0 fully saturated rings. The van der Waals surface area contributed by atoms with Gasteiger partial charge < -0.3 is 10.1 Å². The Hall–Kier alpha value is -1.88. The first kappa shape index (κ1) is 14.5. The van der Waals surface area contributed by atoms with Crippen molar-refractivity contribution in [3.8, 4) is 5.75 Å². The molecule has 0 heterocycles. The Morgan fingerprint density at radius 2 is 2.25 bits per heavy atom. The molecule has 2 N–H and O–H groups in total. The molecule has 1 aromatic rings. The van der Waals surface area contributed by atoms with E-state index in [4.69, 9.17) is 17.0 Å². The van der Waals surface area contributed by atoms with Crippen LogP contribution in [0.25, 0.3) is 0 Å². The van der Waals surface area contributed by atoms with Crippen molar-refractivity contribution in [3.63, 3.8) is 0 Å². The summed E-state index contributed by atoms with van der Waals surface area (Å²) >= 11 is 5.20. The maximum Gasteiger partial charge on any atom is 0.191 e. The fourth-order valence-electron chi connectivity index (χ4n) is 2.05. The van der Waals surface area contributed by atoms with E-state index in [0.29, 0.717) is 11.0 Å². The van der Waals surface area contributed by atoms with Crippen LogP contribution in [-0.4, -0.2) is 18.4 Å². The van der Waals surface area contributed by atoms with Crippen molar-refractivity contribution < 1.29 is 4.74 Å². The molecule has 1 aliphatic rings. The second kappa shape index (κ2) is 7.65. The maximum absolute atomic E-state index is 5.25. The lowest BCUT2D eigenvalue weighted by Gasteiger charge is -2.13. The van der Waals surface area contributed by atoms with E-state index in [-0.39, 0.29) is 0 Å². The second-order valence-electron chi connectivity index (χ2n) is 4.59. The predicted molar refractivity (Wildman–Crippen MR) is 87.3 cm³/mol. The fraction of sp³-hybridized carbons (Fsp3) is 0.333.